The second kappa shape index (κ2) is 12.3. The fourth-order valence-electron chi connectivity index (χ4n) is 6.04. The van der Waals surface area contributed by atoms with Crippen LogP contribution in [0.2, 0.25) is 0 Å². The van der Waals surface area contributed by atoms with Crippen molar-refractivity contribution in [2.45, 2.75) is 77.6 Å². The fraction of sp³-hybridized carbons (Fsp3) is 0.333. The molecule has 4 heterocycles. The number of hydrogen-bond acceptors (Lipinski definition) is 3. The first-order chi connectivity index (χ1) is 19.8. The zero-order valence-corrected chi connectivity index (χ0v) is 28.0. The van der Waals surface area contributed by atoms with Gasteiger partial charge in [0.05, 0.1) is 0 Å². The SMILES string of the molecule is CCCCCCCCCCCCc1ccc(-c2cc3cc4c(cc3[te]2)sc2c3cc5ccsc5cc3sc42)cc1. The first-order valence-corrected chi connectivity index (χ1v) is 19.9. The summed E-state index contributed by atoms with van der Waals surface area (Å²) >= 11 is 5.49. The molecule has 0 bridgehead atoms. The van der Waals surface area contributed by atoms with Gasteiger partial charge in [0, 0.05) is 0 Å². The Morgan fingerprint density at radius 2 is 1.25 bits per heavy atom. The van der Waals surface area contributed by atoms with Crippen molar-refractivity contribution in [1.29, 1.82) is 0 Å². The van der Waals surface area contributed by atoms with Crippen molar-refractivity contribution >= 4 is 103 Å². The average Bonchev–Trinajstić information content (AvgIpc) is 3.74. The van der Waals surface area contributed by atoms with E-state index in [1.165, 1.54) is 127 Å². The standard InChI is InChI=1S/C36H36S3Te/c1-2-3-4-5-6-7-8-9-10-11-12-24-13-15-25(16-14-24)33-21-27-20-29-32(23-34(27)40-33)39-35-28-19-26-17-18-37-30(26)22-31(28)38-36(29)35/h13-23H,2-12H2,1H3. The Hall–Kier alpha value is -1.67. The summed E-state index contributed by atoms with van der Waals surface area (Å²) in [7, 11) is 0. The molecule has 0 saturated heterocycles. The van der Waals surface area contributed by atoms with Gasteiger partial charge < -0.3 is 0 Å². The first-order valence-electron chi connectivity index (χ1n) is 15.1. The van der Waals surface area contributed by atoms with E-state index in [9.17, 15) is 0 Å². The van der Waals surface area contributed by atoms with Crippen LogP contribution in [0.15, 0.2) is 66.0 Å². The van der Waals surface area contributed by atoms with Gasteiger partial charge in [-0.15, -0.1) is 0 Å². The van der Waals surface area contributed by atoms with Crippen molar-refractivity contribution in [3.63, 3.8) is 0 Å². The van der Waals surface area contributed by atoms with Crippen LogP contribution in [0.25, 0.3) is 57.6 Å². The summed E-state index contributed by atoms with van der Waals surface area (Å²) in [5, 5.41) is 7.96. The van der Waals surface area contributed by atoms with Crippen LogP contribution in [0, 0.1) is 0 Å². The van der Waals surface area contributed by atoms with Crippen LogP contribution in [0.1, 0.15) is 76.7 Å². The quantitative estimate of drug-likeness (QED) is 0.0883. The summed E-state index contributed by atoms with van der Waals surface area (Å²) in [6.45, 7) is 2.30. The molecule has 0 aliphatic rings. The van der Waals surface area contributed by atoms with E-state index in [4.69, 9.17) is 0 Å². The molecule has 7 rings (SSSR count). The molecule has 0 radical (unpaired) electrons. The molecule has 3 aromatic carbocycles. The molecule has 0 atom stereocenters. The van der Waals surface area contributed by atoms with Gasteiger partial charge in [-0.3, -0.25) is 0 Å². The Morgan fingerprint density at radius 1 is 0.600 bits per heavy atom. The van der Waals surface area contributed by atoms with Crippen LogP contribution < -0.4 is 0 Å². The molecule has 0 fully saturated rings. The van der Waals surface area contributed by atoms with E-state index in [1.807, 2.05) is 34.0 Å². The molecular weight excluding hydrogens is 656 g/mol. The zero-order valence-electron chi connectivity index (χ0n) is 23.3. The Kier molecular flexibility index (Phi) is 8.35. The van der Waals surface area contributed by atoms with E-state index in [0.717, 1.165) is 0 Å². The second-order valence-electron chi connectivity index (χ2n) is 11.3. The van der Waals surface area contributed by atoms with Crippen LogP contribution in [0.4, 0.5) is 0 Å². The summed E-state index contributed by atoms with van der Waals surface area (Å²) < 4.78 is 10.5. The number of hydrogen-bond donors (Lipinski definition) is 0. The van der Waals surface area contributed by atoms with Crippen molar-refractivity contribution in [3.05, 3.63) is 71.6 Å². The third-order valence-electron chi connectivity index (χ3n) is 8.35. The molecule has 0 amide bonds. The number of rotatable bonds is 12. The molecule has 0 nitrogen and oxygen atoms in total. The monoisotopic (exact) mass is 694 g/mol. The van der Waals surface area contributed by atoms with Crippen LogP contribution in [0.5, 0.6) is 0 Å². The molecule has 0 spiro atoms. The van der Waals surface area contributed by atoms with Gasteiger partial charge in [-0.25, -0.2) is 0 Å². The van der Waals surface area contributed by atoms with E-state index in [1.54, 1.807) is 6.98 Å². The van der Waals surface area contributed by atoms with E-state index in [-0.39, 0.29) is 20.4 Å². The molecule has 7 aromatic rings. The Labute approximate surface area is 259 Å². The Morgan fingerprint density at radius 3 is 1.98 bits per heavy atom. The minimum absolute atomic E-state index is 0.342. The summed E-state index contributed by atoms with van der Waals surface area (Å²) in [6, 6.07) is 24.2. The number of fused-ring (bicyclic) bond motifs is 7. The third kappa shape index (κ3) is 5.56. The molecule has 40 heavy (non-hydrogen) atoms. The van der Waals surface area contributed by atoms with Crippen molar-refractivity contribution in [3.8, 4) is 9.14 Å². The summed E-state index contributed by atoms with van der Waals surface area (Å²) in [5.74, 6) is 0. The minimum atomic E-state index is -0.342. The maximum absolute atomic E-state index is 2.53. The Balaban J connectivity index is 1.02. The molecule has 4 heteroatoms. The van der Waals surface area contributed by atoms with Crippen LogP contribution in [-0.4, -0.2) is 20.4 Å². The van der Waals surface area contributed by atoms with Gasteiger partial charge in [-0.2, -0.15) is 0 Å². The number of thiophene rings is 3. The van der Waals surface area contributed by atoms with E-state index >= 15 is 0 Å². The van der Waals surface area contributed by atoms with Crippen molar-refractivity contribution in [1.82, 2.24) is 0 Å². The maximum atomic E-state index is 2.53. The van der Waals surface area contributed by atoms with Crippen LogP contribution in [-0.2, 0) is 6.42 Å². The molecule has 204 valence electrons. The van der Waals surface area contributed by atoms with Crippen molar-refractivity contribution in [2.24, 2.45) is 0 Å². The molecule has 0 N–H and O–H groups in total. The van der Waals surface area contributed by atoms with E-state index in [2.05, 4.69) is 73.0 Å². The van der Waals surface area contributed by atoms with Gasteiger partial charge in [-0.05, 0) is 0 Å². The fourth-order valence-corrected chi connectivity index (χ4v) is 12.9. The van der Waals surface area contributed by atoms with Gasteiger partial charge in [-0.1, -0.05) is 32.6 Å². The van der Waals surface area contributed by atoms with Gasteiger partial charge in [0.1, 0.15) is 0 Å². The normalized spacial score (nSPS) is 12.2. The van der Waals surface area contributed by atoms with Crippen LogP contribution in [0.3, 0.4) is 0 Å². The van der Waals surface area contributed by atoms with E-state index in [0.29, 0.717) is 0 Å². The number of unbranched alkanes of at least 4 members (excludes halogenated alkanes) is 9. The predicted octanol–water partition coefficient (Wildman–Crippen LogP) is 12.8. The zero-order chi connectivity index (χ0) is 26.9. The molecule has 0 aliphatic carbocycles. The van der Waals surface area contributed by atoms with Crippen molar-refractivity contribution < 1.29 is 0 Å². The van der Waals surface area contributed by atoms with Gasteiger partial charge in [0.15, 0.2) is 0 Å². The summed E-state index contributed by atoms with van der Waals surface area (Å²) in [6.07, 6.45) is 15.3. The Bertz CT molecular complexity index is 1890. The molecule has 0 aliphatic heterocycles. The molecule has 0 unspecified atom stereocenters. The van der Waals surface area contributed by atoms with E-state index < -0.39 is 0 Å². The molecule has 0 saturated carbocycles. The van der Waals surface area contributed by atoms with Gasteiger partial charge in [0.25, 0.3) is 0 Å². The summed E-state index contributed by atoms with van der Waals surface area (Å²) in [4.78, 5) is 0. The predicted molar refractivity (Wildman–Crippen MR) is 186 cm³/mol. The van der Waals surface area contributed by atoms with Crippen molar-refractivity contribution in [2.75, 3.05) is 0 Å². The molecule has 4 aromatic heterocycles. The topological polar surface area (TPSA) is 0 Å². The van der Waals surface area contributed by atoms with Gasteiger partial charge >= 0.3 is 229 Å². The van der Waals surface area contributed by atoms with Crippen LogP contribution >= 0.6 is 34.0 Å². The van der Waals surface area contributed by atoms with Gasteiger partial charge in [0.2, 0.25) is 0 Å². The first kappa shape index (κ1) is 27.2. The summed E-state index contributed by atoms with van der Waals surface area (Å²) in [5.41, 5.74) is 2.95. The second-order valence-corrected chi connectivity index (χ2v) is 17.4. The molecular formula is C36H36S3Te. The third-order valence-corrected chi connectivity index (χ3v) is 15.0. The number of aryl methyl sites for hydroxylation is 1. The average molecular weight is 692 g/mol. The number of benzene rings is 3.